The van der Waals surface area contributed by atoms with E-state index in [2.05, 4.69) is 15.5 Å². The van der Waals surface area contributed by atoms with Crippen molar-refractivity contribution in [1.82, 2.24) is 14.5 Å². The van der Waals surface area contributed by atoms with Crippen LogP contribution in [0.5, 0.6) is 5.75 Å². The van der Waals surface area contributed by atoms with Crippen LogP contribution >= 0.6 is 0 Å². The number of aromatic nitrogens is 2. The maximum Gasteiger partial charge on any atom is 0.246 e. The fraction of sp³-hybridized carbons (Fsp3) is 0.444. The third kappa shape index (κ3) is 3.98. The highest BCUT2D eigenvalue weighted by molar-refractivity contribution is 7.89. The highest BCUT2D eigenvalue weighted by Crippen LogP contribution is 2.27. The number of nitrogens with zero attached hydrogens (tertiary/aromatic N) is 2. The Hall–Kier alpha value is -2.39. The van der Waals surface area contributed by atoms with Gasteiger partial charge in [-0.3, -0.25) is 9.89 Å². The number of carbonyl (C=O) groups excluding carboxylic acids is 1. The van der Waals surface area contributed by atoms with Crippen LogP contribution in [0.2, 0.25) is 0 Å². The van der Waals surface area contributed by atoms with E-state index in [9.17, 15) is 13.2 Å². The van der Waals surface area contributed by atoms with Crippen molar-refractivity contribution >= 4 is 21.6 Å². The second-order valence-electron chi connectivity index (χ2n) is 6.68. The molecule has 2 aromatic rings. The van der Waals surface area contributed by atoms with Gasteiger partial charge in [-0.05, 0) is 51.0 Å². The van der Waals surface area contributed by atoms with E-state index in [1.165, 1.54) is 4.31 Å². The summed E-state index contributed by atoms with van der Waals surface area (Å²) >= 11 is 0. The summed E-state index contributed by atoms with van der Waals surface area (Å²) in [4.78, 5) is 12.8. The number of anilines is 1. The van der Waals surface area contributed by atoms with Crippen molar-refractivity contribution in [3.05, 3.63) is 35.7 Å². The zero-order valence-electron chi connectivity index (χ0n) is 15.7. The number of aromatic amines is 1. The molecule has 1 aromatic heterocycles. The van der Waals surface area contributed by atoms with Crippen molar-refractivity contribution in [3.63, 3.8) is 0 Å². The normalized spacial score (nSPS) is 18.3. The third-order valence-electron chi connectivity index (χ3n) is 4.77. The van der Waals surface area contributed by atoms with Crippen LogP contribution in [0.15, 0.2) is 29.2 Å². The number of hydrogen-bond acceptors (Lipinski definition) is 5. The molecule has 3 rings (SSSR count). The van der Waals surface area contributed by atoms with Gasteiger partial charge in [0.1, 0.15) is 10.6 Å². The number of H-pyrrole nitrogens is 1. The van der Waals surface area contributed by atoms with Crippen LogP contribution in [-0.2, 0) is 14.8 Å². The van der Waals surface area contributed by atoms with Gasteiger partial charge < -0.3 is 10.1 Å². The molecular formula is C18H24N4O4S. The van der Waals surface area contributed by atoms with Crippen molar-refractivity contribution in [2.24, 2.45) is 5.92 Å². The highest BCUT2D eigenvalue weighted by atomic mass is 32.2. The Kier molecular flexibility index (Phi) is 5.52. The fourth-order valence-electron chi connectivity index (χ4n) is 3.34. The molecule has 1 saturated heterocycles. The van der Waals surface area contributed by atoms with Crippen LogP contribution < -0.4 is 10.1 Å². The molecule has 1 fully saturated rings. The second-order valence-corrected chi connectivity index (χ2v) is 8.56. The molecule has 0 unspecified atom stereocenters. The van der Waals surface area contributed by atoms with Crippen LogP contribution in [0.4, 0.5) is 5.69 Å². The largest absolute Gasteiger partial charge is 0.497 e. The molecule has 0 radical (unpaired) electrons. The second kappa shape index (κ2) is 7.69. The highest BCUT2D eigenvalue weighted by Gasteiger charge is 2.35. The van der Waals surface area contributed by atoms with Crippen LogP contribution in [-0.4, -0.2) is 49.0 Å². The molecule has 0 aliphatic carbocycles. The smallest absolute Gasteiger partial charge is 0.246 e. The molecule has 2 heterocycles. The molecule has 1 aliphatic rings. The molecule has 0 spiro atoms. The van der Waals surface area contributed by atoms with Gasteiger partial charge >= 0.3 is 0 Å². The van der Waals surface area contributed by atoms with Gasteiger partial charge in [0, 0.05) is 18.8 Å². The Morgan fingerprint density at radius 1 is 1.30 bits per heavy atom. The molecule has 1 aromatic carbocycles. The summed E-state index contributed by atoms with van der Waals surface area (Å²) in [6.07, 6.45) is 1.28. The van der Waals surface area contributed by atoms with Crippen molar-refractivity contribution in [1.29, 1.82) is 0 Å². The molecule has 1 aliphatic heterocycles. The van der Waals surface area contributed by atoms with E-state index < -0.39 is 15.9 Å². The van der Waals surface area contributed by atoms with Crippen LogP contribution in [0, 0.1) is 19.8 Å². The number of hydrogen-bond donors (Lipinski definition) is 2. The number of rotatable bonds is 5. The molecule has 2 N–H and O–H groups in total. The van der Waals surface area contributed by atoms with Gasteiger partial charge in [-0.25, -0.2) is 8.42 Å². The SMILES string of the molecule is COc1ccc(NC(=O)[C@H]2CCCN(S(=O)(=O)c3c(C)n[nH]c3C)C2)cc1. The fourth-order valence-corrected chi connectivity index (χ4v) is 5.20. The lowest BCUT2D eigenvalue weighted by molar-refractivity contribution is -0.120. The summed E-state index contributed by atoms with van der Waals surface area (Å²) in [6.45, 7) is 3.91. The van der Waals surface area contributed by atoms with E-state index in [1.54, 1.807) is 45.2 Å². The monoisotopic (exact) mass is 392 g/mol. The summed E-state index contributed by atoms with van der Waals surface area (Å²) in [5.41, 5.74) is 1.61. The Bertz CT molecular complexity index is 902. The number of sulfonamides is 1. The predicted molar refractivity (Wildman–Crippen MR) is 101 cm³/mol. The standard InChI is InChI=1S/C18H24N4O4S/c1-12-17(13(2)21-20-12)27(24,25)22-10-4-5-14(11-22)18(23)19-15-6-8-16(26-3)9-7-15/h6-9,14H,4-5,10-11H2,1-3H3,(H,19,23)(H,20,21)/t14-/m0/s1. The summed E-state index contributed by atoms with van der Waals surface area (Å²) in [7, 11) is -2.11. The minimum absolute atomic E-state index is 0.161. The first-order valence-corrected chi connectivity index (χ1v) is 10.2. The lowest BCUT2D eigenvalue weighted by atomic mass is 9.99. The molecular weight excluding hydrogens is 368 g/mol. The van der Waals surface area contributed by atoms with Gasteiger partial charge in [-0.2, -0.15) is 9.40 Å². The summed E-state index contributed by atoms with van der Waals surface area (Å²) in [6, 6.07) is 7.04. The lowest BCUT2D eigenvalue weighted by Crippen LogP contribution is -2.43. The van der Waals surface area contributed by atoms with Crippen LogP contribution in [0.3, 0.4) is 0 Å². The average molecular weight is 392 g/mol. The topological polar surface area (TPSA) is 104 Å². The van der Waals surface area contributed by atoms with E-state index in [-0.39, 0.29) is 17.3 Å². The van der Waals surface area contributed by atoms with Gasteiger partial charge in [-0.15, -0.1) is 0 Å². The van der Waals surface area contributed by atoms with Crippen molar-refractivity contribution in [2.75, 3.05) is 25.5 Å². The molecule has 9 heteroatoms. The number of nitrogens with one attached hydrogen (secondary N) is 2. The first kappa shape index (κ1) is 19.4. The molecule has 0 saturated carbocycles. The number of ether oxygens (including phenoxy) is 1. The van der Waals surface area contributed by atoms with Crippen molar-refractivity contribution in [2.45, 2.75) is 31.6 Å². The zero-order valence-corrected chi connectivity index (χ0v) is 16.5. The van der Waals surface area contributed by atoms with Gasteiger partial charge in [0.25, 0.3) is 0 Å². The zero-order chi connectivity index (χ0) is 19.6. The molecule has 1 atom stereocenters. The van der Waals surface area contributed by atoms with Crippen molar-refractivity contribution in [3.8, 4) is 5.75 Å². The first-order valence-electron chi connectivity index (χ1n) is 8.79. The van der Waals surface area contributed by atoms with Gasteiger partial charge in [0.15, 0.2) is 0 Å². The quantitative estimate of drug-likeness (QED) is 0.811. The van der Waals surface area contributed by atoms with E-state index in [1.807, 2.05) is 0 Å². The molecule has 8 nitrogen and oxygen atoms in total. The number of benzene rings is 1. The number of aryl methyl sites for hydroxylation is 2. The van der Waals surface area contributed by atoms with Crippen LogP contribution in [0.1, 0.15) is 24.2 Å². The Balaban J connectivity index is 1.72. The number of amides is 1. The molecule has 146 valence electrons. The summed E-state index contributed by atoms with van der Waals surface area (Å²) < 4.78 is 32.5. The van der Waals surface area contributed by atoms with E-state index in [4.69, 9.17) is 4.74 Å². The van der Waals surface area contributed by atoms with E-state index >= 15 is 0 Å². The number of carbonyl (C=O) groups is 1. The number of methoxy groups -OCH3 is 1. The first-order chi connectivity index (χ1) is 12.8. The van der Waals surface area contributed by atoms with Gasteiger partial charge in [-0.1, -0.05) is 0 Å². The maximum absolute atomic E-state index is 13.0. The minimum atomic E-state index is -3.69. The van der Waals surface area contributed by atoms with Crippen LogP contribution in [0.25, 0.3) is 0 Å². The van der Waals surface area contributed by atoms with Gasteiger partial charge in [0.05, 0.1) is 24.4 Å². The maximum atomic E-state index is 13.0. The molecule has 0 bridgehead atoms. The number of piperidine rings is 1. The molecule has 27 heavy (non-hydrogen) atoms. The third-order valence-corrected chi connectivity index (χ3v) is 6.90. The molecule has 1 amide bonds. The van der Waals surface area contributed by atoms with E-state index in [0.29, 0.717) is 42.2 Å². The van der Waals surface area contributed by atoms with Crippen molar-refractivity contribution < 1.29 is 17.9 Å². The van der Waals surface area contributed by atoms with E-state index in [0.717, 1.165) is 0 Å². The Morgan fingerprint density at radius 2 is 2.00 bits per heavy atom. The summed E-state index contributed by atoms with van der Waals surface area (Å²) in [5, 5.41) is 9.55. The lowest BCUT2D eigenvalue weighted by Gasteiger charge is -2.31. The average Bonchev–Trinajstić information content (AvgIpc) is 3.01. The van der Waals surface area contributed by atoms with Gasteiger partial charge in [0.2, 0.25) is 15.9 Å². The predicted octanol–water partition coefficient (Wildman–Crippen LogP) is 2.07. The Morgan fingerprint density at radius 3 is 2.59 bits per heavy atom. The minimum Gasteiger partial charge on any atom is -0.497 e. The summed E-state index contributed by atoms with van der Waals surface area (Å²) in [5.74, 6) is 0.123. The Labute approximate surface area is 159 Å².